The lowest BCUT2D eigenvalue weighted by Gasteiger charge is -2.42. The minimum Gasteiger partial charge on any atom is -0.310 e. The van der Waals surface area contributed by atoms with Gasteiger partial charge in [-0.2, -0.15) is 26.3 Å². The number of alkyl halides is 6. The Balaban J connectivity index is 0.000000151. The van der Waals surface area contributed by atoms with Crippen molar-refractivity contribution in [2.75, 3.05) is 4.90 Å². The van der Waals surface area contributed by atoms with Crippen LogP contribution in [0.2, 0.25) is 0 Å². The number of para-hydroxylation sites is 2. The molecule has 1 aliphatic heterocycles. The van der Waals surface area contributed by atoms with Crippen LogP contribution in [0.15, 0.2) is 320 Å². The summed E-state index contributed by atoms with van der Waals surface area (Å²) in [4.78, 5) is 30.3. The molecule has 105 heavy (non-hydrogen) atoms. The number of benzene rings is 12. The summed E-state index contributed by atoms with van der Waals surface area (Å²) in [5.74, 6) is 2.71. The van der Waals surface area contributed by atoms with Gasteiger partial charge in [0, 0.05) is 54.4 Å². The van der Waals surface area contributed by atoms with E-state index in [1.54, 1.807) is 60.7 Å². The van der Waals surface area contributed by atoms with Crippen LogP contribution in [0.3, 0.4) is 0 Å². The molecule has 12 aromatic carbocycles. The fourth-order valence-corrected chi connectivity index (χ4v) is 14.6. The van der Waals surface area contributed by atoms with Gasteiger partial charge in [0.15, 0.2) is 34.9 Å². The molecule has 0 saturated carbocycles. The van der Waals surface area contributed by atoms with Crippen LogP contribution in [0.1, 0.15) is 97.2 Å². The summed E-state index contributed by atoms with van der Waals surface area (Å²) >= 11 is 3.30. The van der Waals surface area contributed by atoms with Crippen molar-refractivity contribution in [3.63, 3.8) is 0 Å². The summed E-state index contributed by atoms with van der Waals surface area (Å²) in [6.07, 6.45) is -8.01. The molecule has 14 heteroatoms. The number of anilines is 3. The smallest absolute Gasteiger partial charge is 0.310 e. The number of hydrogen-bond acceptors (Lipinski definition) is 7. The van der Waals surface area contributed by atoms with E-state index >= 15 is 13.2 Å². The van der Waals surface area contributed by atoms with Gasteiger partial charge < -0.3 is 4.90 Å². The Morgan fingerprint density at radius 1 is 0.286 bits per heavy atom. The van der Waals surface area contributed by atoms with Gasteiger partial charge in [-0.25, -0.2) is 29.9 Å². The zero-order valence-corrected chi connectivity index (χ0v) is 60.1. The molecule has 14 aromatic rings. The van der Waals surface area contributed by atoms with Gasteiger partial charge in [0.25, 0.3) is 0 Å². The Morgan fingerprint density at radius 2 is 0.524 bits per heavy atom. The van der Waals surface area contributed by atoms with Crippen LogP contribution < -0.4 is 4.90 Å². The predicted octanol–water partition coefficient (Wildman–Crippen LogP) is 24.3. The van der Waals surface area contributed by atoms with Crippen molar-refractivity contribution in [1.82, 2.24) is 29.9 Å². The molecule has 0 saturated heterocycles. The van der Waals surface area contributed by atoms with Crippen LogP contribution in [0.5, 0.6) is 0 Å². The molecule has 16 rings (SSSR count). The first-order valence-electron chi connectivity index (χ1n) is 34.6. The van der Waals surface area contributed by atoms with Gasteiger partial charge in [-0.1, -0.05) is 323 Å². The normalized spacial score (nSPS) is 14.4. The van der Waals surface area contributed by atoms with E-state index in [1.807, 2.05) is 146 Å². The lowest BCUT2D eigenvalue weighted by Crippen LogP contribution is -2.40. The standard InChI is InChI=1S/C45H35F3N4.C30H21BrF3N3.C16H16/c1-43(2)36-18-10-12-20-38(36)52(39-21-13-11-19-37(39)43)35-28-26-34(27-29-35)44(3,45(46,47)48)33-24-22-32(23-25-33)42-50-40(30-14-6-4-7-15-30)49-41(51-42)31-16-8-5-9-17-31;1-29(30(32,33)34,24-16-18-25(31)19-17-24)23-14-12-22(13-15-23)28-36-26(20-8-4-2-5-9-20)35-27(37-28)21-10-6-3-7-11-21;1-16(2)14-9-5-3-7-12(14)11-13-8-4-6-10-15(13)16/h4-29H,1-3H3;2-19H,1H3;3-10H,11H2,1-2H3. The summed E-state index contributed by atoms with van der Waals surface area (Å²) in [5, 5.41) is 0. The highest BCUT2D eigenvalue weighted by atomic mass is 79.9. The summed E-state index contributed by atoms with van der Waals surface area (Å²) < 4.78 is 89.8. The van der Waals surface area contributed by atoms with Crippen LogP contribution in [-0.4, -0.2) is 42.3 Å². The van der Waals surface area contributed by atoms with Crippen molar-refractivity contribution in [3.05, 3.63) is 376 Å². The summed E-state index contributed by atoms with van der Waals surface area (Å²) in [6, 6.07) is 97.9. The number of rotatable bonds is 11. The molecule has 0 spiro atoms. The topological polar surface area (TPSA) is 80.6 Å². The second-order valence-electron chi connectivity index (χ2n) is 27.6. The van der Waals surface area contributed by atoms with Crippen molar-refractivity contribution in [3.8, 4) is 68.3 Å². The average Bonchev–Trinajstić information content (AvgIpc) is 0.732. The Labute approximate surface area is 616 Å². The minimum atomic E-state index is -4.58. The van der Waals surface area contributed by atoms with Gasteiger partial charge in [-0.15, -0.1) is 0 Å². The second kappa shape index (κ2) is 28.6. The van der Waals surface area contributed by atoms with Crippen molar-refractivity contribution in [2.45, 2.75) is 82.0 Å². The van der Waals surface area contributed by atoms with Crippen LogP contribution in [0, 0.1) is 0 Å². The van der Waals surface area contributed by atoms with E-state index in [0.29, 0.717) is 46.1 Å². The third kappa shape index (κ3) is 13.8. The molecule has 0 radical (unpaired) electrons. The zero-order chi connectivity index (χ0) is 73.3. The quantitative estimate of drug-likeness (QED) is 0.119. The van der Waals surface area contributed by atoms with E-state index in [1.165, 1.54) is 72.5 Å². The van der Waals surface area contributed by atoms with E-state index in [0.717, 1.165) is 61.3 Å². The Bertz CT molecular complexity index is 5180. The first-order valence-corrected chi connectivity index (χ1v) is 35.4. The molecule has 7 nitrogen and oxygen atoms in total. The number of halogens is 7. The monoisotopic (exact) mass is 1460 g/mol. The Morgan fingerprint density at radius 3 is 0.829 bits per heavy atom. The van der Waals surface area contributed by atoms with E-state index in [9.17, 15) is 13.2 Å². The minimum absolute atomic E-state index is 0.118. The fourth-order valence-electron chi connectivity index (χ4n) is 14.4. The Kier molecular flexibility index (Phi) is 19.2. The third-order valence-corrected chi connectivity index (χ3v) is 21.0. The largest absolute Gasteiger partial charge is 0.402 e. The second-order valence-corrected chi connectivity index (χ2v) is 28.6. The SMILES string of the molecule is CC(c1ccc(Br)cc1)(c1ccc(-c2nc(-c3ccccc3)nc(-c3ccccc3)n2)cc1)C(F)(F)F.CC1(C)c2ccccc2Cc2ccccc21.CC1(C)c2ccccc2N(c2ccc(C(C)(c3ccc(-c4nc(-c5ccccc5)nc(-c5ccccc5)n4)cc3)C(F)(F)F)cc2)c2ccccc21. The highest BCUT2D eigenvalue weighted by Crippen LogP contribution is 2.54. The highest BCUT2D eigenvalue weighted by molar-refractivity contribution is 9.10. The molecule has 2 aromatic heterocycles. The molecular formula is C91H72BrF6N7. The van der Waals surface area contributed by atoms with Crippen LogP contribution in [-0.2, 0) is 28.1 Å². The van der Waals surface area contributed by atoms with Gasteiger partial charge in [-0.05, 0) is 112 Å². The maximum atomic E-state index is 15.3. The summed E-state index contributed by atoms with van der Waals surface area (Å²) in [7, 11) is 0. The van der Waals surface area contributed by atoms with Gasteiger partial charge in [-0.3, -0.25) is 0 Å². The molecular weight excluding hydrogens is 1380 g/mol. The molecule has 2 unspecified atom stereocenters. The van der Waals surface area contributed by atoms with Crippen molar-refractivity contribution >= 4 is 33.0 Å². The zero-order valence-electron chi connectivity index (χ0n) is 58.5. The number of hydrogen-bond donors (Lipinski definition) is 0. The summed E-state index contributed by atoms with van der Waals surface area (Å²) in [5.41, 5.74) is 11.5. The maximum absolute atomic E-state index is 15.3. The number of aromatic nitrogens is 6. The lowest BCUT2D eigenvalue weighted by molar-refractivity contribution is -0.173. The van der Waals surface area contributed by atoms with Crippen molar-refractivity contribution in [2.24, 2.45) is 0 Å². The molecule has 2 atom stereocenters. The molecule has 0 N–H and O–H groups in total. The predicted molar refractivity (Wildman–Crippen MR) is 413 cm³/mol. The number of fused-ring (bicyclic) bond motifs is 4. The maximum Gasteiger partial charge on any atom is 0.402 e. The van der Waals surface area contributed by atoms with Gasteiger partial charge >= 0.3 is 12.4 Å². The molecule has 0 fully saturated rings. The van der Waals surface area contributed by atoms with Crippen molar-refractivity contribution < 1.29 is 26.3 Å². The van der Waals surface area contributed by atoms with E-state index in [4.69, 9.17) is 15.0 Å². The van der Waals surface area contributed by atoms with Gasteiger partial charge in [0.2, 0.25) is 0 Å². The van der Waals surface area contributed by atoms with Gasteiger partial charge in [0.1, 0.15) is 10.8 Å². The van der Waals surface area contributed by atoms with Crippen LogP contribution in [0.4, 0.5) is 43.4 Å². The van der Waals surface area contributed by atoms with E-state index in [-0.39, 0.29) is 33.1 Å². The summed E-state index contributed by atoms with van der Waals surface area (Å²) in [6.45, 7) is 11.5. The van der Waals surface area contributed by atoms with E-state index in [2.05, 4.69) is 136 Å². The molecule has 3 heterocycles. The number of nitrogens with zero attached hydrogens (tertiary/aromatic N) is 7. The lowest BCUT2D eigenvalue weighted by atomic mass is 9.69. The van der Waals surface area contributed by atoms with E-state index < -0.39 is 23.2 Å². The highest BCUT2D eigenvalue weighted by Gasteiger charge is 2.55. The van der Waals surface area contributed by atoms with Crippen LogP contribution >= 0.6 is 15.9 Å². The average molecular weight is 1460 g/mol. The van der Waals surface area contributed by atoms with Crippen LogP contribution in [0.25, 0.3) is 68.3 Å². The third-order valence-electron chi connectivity index (χ3n) is 20.5. The molecule has 0 bridgehead atoms. The first-order chi connectivity index (χ1) is 50.5. The van der Waals surface area contributed by atoms with Gasteiger partial charge in [0.05, 0.1) is 11.4 Å². The molecule has 0 amide bonds. The Hall–Kier alpha value is -11.5. The molecule has 520 valence electrons. The first kappa shape index (κ1) is 70.6. The van der Waals surface area contributed by atoms with Crippen molar-refractivity contribution in [1.29, 1.82) is 0 Å². The molecule has 2 aliphatic rings. The fraction of sp³-hybridized carbons (Fsp3) is 0.143. The molecule has 1 aliphatic carbocycles.